The highest BCUT2D eigenvalue weighted by Gasteiger charge is 2.15. The van der Waals surface area contributed by atoms with Crippen molar-refractivity contribution in [2.45, 2.75) is 19.4 Å². The van der Waals surface area contributed by atoms with Gasteiger partial charge in [0.1, 0.15) is 0 Å². The fourth-order valence-corrected chi connectivity index (χ4v) is 2.21. The maximum atomic E-state index is 12.0. The number of nitro benzene ring substituents is 1. The molecule has 0 fully saturated rings. The molecule has 0 aliphatic heterocycles. The van der Waals surface area contributed by atoms with Crippen molar-refractivity contribution < 1.29 is 14.8 Å². The Bertz CT molecular complexity index is 701. The molecular formula is C17H18N2O4. The van der Waals surface area contributed by atoms with Gasteiger partial charge in [-0.25, -0.2) is 0 Å². The number of nitrogens with zero attached hydrogens (tertiary/aromatic N) is 1. The van der Waals surface area contributed by atoms with Crippen LogP contribution in [0.25, 0.3) is 0 Å². The molecule has 2 aromatic rings. The Labute approximate surface area is 133 Å². The van der Waals surface area contributed by atoms with Crippen molar-refractivity contribution in [2.75, 3.05) is 6.54 Å². The van der Waals surface area contributed by atoms with Crippen LogP contribution in [-0.4, -0.2) is 22.5 Å². The van der Waals surface area contributed by atoms with E-state index >= 15 is 0 Å². The summed E-state index contributed by atoms with van der Waals surface area (Å²) in [6.07, 6.45) is -0.298. The summed E-state index contributed by atoms with van der Waals surface area (Å²) in [7, 11) is 0. The summed E-state index contributed by atoms with van der Waals surface area (Å²) in [5.74, 6) is -0.395. The average molecular weight is 314 g/mol. The minimum absolute atomic E-state index is 0.0815. The molecule has 0 bridgehead atoms. The number of carbonyl (C=O) groups excluding carboxylic acids is 1. The molecule has 23 heavy (non-hydrogen) atoms. The fourth-order valence-electron chi connectivity index (χ4n) is 2.21. The molecule has 0 saturated heterocycles. The Hall–Kier alpha value is -2.73. The molecule has 0 radical (unpaired) electrons. The predicted octanol–water partition coefficient (Wildman–Crippen LogP) is 2.76. The van der Waals surface area contributed by atoms with Gasteiger partial charge in [0, 0.05) is 23.7 Å². The Balaban J connectivity index is 1.93. The van der Waals surface area contributed by atoms with E-state index in [-0.39, 0.29) is 17.8 Å². The Morgan fingerprint density at radius 1 is 1.26 bits per heavy atom. The average Bonchev–Trinajstić information content (AvgIpc) is 2.55. The first kappa shape index (κ1) is 16.6. The van der Waals surface area contributed by atoms with Gasteiger partial charge in [0.2, 0.25) is 0 Å². The minimum Gasteiger partial charge on any atom is -0.388 e. The molecule has 0 heterocycles. The van der Waals surface area contributed by atoms with Crippen LogP contribution in [0.5, 0.6) is 0 Å². The number of hydrogen-bond donors (Lipinski definition) is 2. The molecule has 6 nitrogen and oxygen atoms in total. The summed E-state index contributed by atoms with van der Waals surface area (Å²) in [5.41, 5.74) is 1.44. The van der Waals surface area contributed by atoms with Crippen LogP contribution in [0.2, 0.25) is 0 Å². The van der Waals surface area contributed by atoms with E-state index in [2.05, 4.69) is 5.32 Å². The number of amides is 1. The molecule has 0 aromatic heterocycles. The summed E-state index contributed by atoms with van der Waals surface area (Å²) in [6.45, 7) is 1.90. The standard InChI is InChI=1S/C17H18N2O4/c1-12-7-8-14(11-15(12)19(22)23)17(21)18-10-9-16(20)13-5-3-2-4-6-13/h2-8,11,16,20H,9-10H2,1H3,(H,18,21). The van der Waals surface area contributed by atoms with E-state index in [0.717, 1.165) is 5.56 Å². The SMILES string of the molecule is Cc1ccc(C(=O)NCCC(O)c2ccccc2)cc1[N+](=O)[O-]. The van der Waals surface area contributed by atoms with Gasteiger partial charge >= 0.3 is 0 Å². The van der Waals surface area contributed by atoms with E-state index in [1.54, 1.807) is 19.1 Å². The van der Waals surface area contributed by atoms with Crippen LogP contribution in [0.15, 0.2) is 48.5 Å². The Morgan fingerprint density at radius 2 is 1.96 bits per heavy atom. The van der Waals surface area contributed by atoms with Gasteiger partial charge in [-0.3, -0.25) is 14.9 Å². The highest BCUT2D eigenvalue weighted by Crippen LogP contribution is 2.19. The van der Waals surface area contributed by atoms with Crippen molar-refractivity contribution in [3.05, 3.63) is 75.3 Å². The lowest BCUT2D eigenvalue weighted by molar-refractivity contribution is -0.385. The number of rotatable bonds is 6. The first-order valence-corrected chi connectivity index (χ1v) is 7.25. The van der Waals surface area contributed by atoms with Gasteiger partial charge in [-0.05, 0) is 25.0 Å². The second-order valence-corrected chi connectivity index (χ2v) is 5.23. The molecule has 2 aromatic carbocycles. The smallest absolute Gasteiger partial charge is 0.273 e. The molecule has 1 unspecified atom stereocenters. The van der Waals surface area contributed by atoms with E-state index in [1.807, 2.05) is 30.3 Å². The number of nitro groups is 1. The zero-order chi connectivity index (χ0) is 16.8. The van der Waals surface area contributed by atoms with Crippen molar-refractivity contribution in [3.63, 3.8) is 0 Å². The van der Waals surface area contributed by atoms with E-state index in [9.17, 15) is 20.0 Å². The third-order valence-corrected chi connectivity index (χ3v) is 3.56. The molecular weight excluding hydrogens is 296 g/mol. The van der Waals surface area contributed by atoms with Crippen LogP contribution in [0, 0.1) is 17.0 Å². The van der Waals surface area contributed by atoms with Crippen LogP contribution in [0.1, 0.15) is 34.0 Å². The number of aliphatic hydroxyl groups excluding tert-OH is 1. The lowest BCUT2D eigenvalue weighted by Crippen LogP contribution is -2.25. The zero-order valence-corrected chi connectivity index (χ0v) is 12.7. The Kier molecular flexibility index (Phi) is 5.43. The third kappa shape index (κ3) is 4.37. The van der Waals surface area contributed by atoms with E-state index < -0.39 is 16.9 Å². The van der Waals surface area contributed by atoms with Gasteiger partial charge in [-0.1, -0.05) is 36.4 Å². The largest absolute Gasteiger partial charge is 0.388 e. The normalized spacial score (nSPS) is 11.7. The molecule has 2 N–H and O–H groups in total. The van der Waals surface area contributed by atoms with E-state index in [0.29, 0.717) is 12.0 Å². The molecule has 1 atom stereocenters. The van der Waals surface area contributed by atoms with Crippen LogP contribution in [-0.2, 0) is 0 Å². The van der Waals surface area contributed by atoms with E-state index in [4.69, 9.17) is 0 Å². The maximum Gasteiger partial charge on any atom is 0.273 e. The van der Waals surface area contributed by atoms with Gasteiger partial charge in [-0.2, -0.15) is 0 Å². The number of aliphatic hydroxyl groups is 1. The zero-order valence-electron chi connectivity index (χ0n) is 12.7. The van der Waals surface area contributed by atoms with Crippen molar-refractivity contribution >= 4 is 11.6 Å². The summed E-state index contributed by atoms with van der Waals surface area (Å²) >= 11 is 0. The van der Waals surface area contributed by atoms with Crippen molar-refractivity contribution in [2.24, 2.45) is 0 Å². The quantitative estimate of drug-likeness (QED) is 0.633. The summed E-state index contributed by atoms with van der Waals surface area (Å²) in [6, 6.07) is 13.5. The third-order valence-electron chi connectivity index (χ3n) is 3.56. The van der Waals surface area contributed by atoms with Gasteiger partial charge in [0.05, 0.1) is 11.0 Å². The first-order valence-electron chi connectivity index (χ1n) is 7.25. The topological polar surface area (TPSA) is 92.5 Å². The lowest BCUT2D eigenvalue weighted by Gasteiger charge is -2.11. The lowest BCUT2D eigenvalue weighted by atomic mass is 10.1. The van der Waals surface area contributed by atoms with Crippen LogP contribution in [0.3, 0.4) is 0 Å². The molecule has 2 rings (SSSR count). The first-order chi connectivity index (χ1) is 11.0. The second-order valence-electron chi connectivity index (χ2n) is 5.23. The maximum absolute atomic E-state index is 12.0. The number of hydrogen-bond acceptors (Lipinski definition) is 4. The van der Waals surface area contributed by atoms with Gasteiger partial charge in [0.15, 0.2) is 0 Å². The van der Waals surface area contributed by atoms with Crippen LogP contribution >= 0.6 is 0 Å². The molecule has 0 aliphatic carbocycles. The van der Waals surface area contributed by atoms with E-state index in [1.165, 1.54) is 6.07 Å². The van der Waals surface area contributed by atoms with Crippen LogP contribution in [0.4, 0.5) is 5.69 Å². The fraction of sp³-hybridized carbons (Fsp3) is 0.235. The Morgan fingerprint density at radius 3 is 2.61 bits per heavy atom. The summed E-state index contributed by atoms with van der Waals surface area (Å²) < 4.78 is 0. The molecule has 0 spiro atoms. The van der Waals surface area contributed by atoms with Crippen molar-refractivity contribution in [1.82, 2.24) is 5.32 Å². The van der Waals surface area contributed by atoms with Crippen molar-refractivity contribution in [3.8, 4) is 0 Å². The molecule has 0 aliphatic rings. The number of carbonyl (C=O) groups is 1. The summed E-state index contributed by atoms with van der Waals surface area (Å²) in [5, 5.41) is 23.6. The van der Waals surface area contributed by atoms with Gasteiger partial charge in [0.25, 0.3) is 11.6 Å². The molecule has 0 saturated carbocycles. The molecule has 6 heteroatoms. The highest BCUT2D eigenvalue weighted by molar-refractivity contribution is 5.94. The molecule has 120 valence electrons. The summed E-state index contributed by atoms with van der Waals surface area (Å²) in [4.78, 5) is 22.4. The number of nitrogens with one attached hydrogen (secondary N) is 1. The highest BCUT2D eigenvalue weighted by atomic mass is 16.6. The monoisotopic (exact) mass is 314 g/mol. The van der Waals surface area contributed by atoms with Gasteiger partial charge < -0.3 is 10.4 Å². The molecule has 1 amide bonds. The van der Waals surface area contributed by atoms with Gasteiger partial charge in [-0.15, -0.1) is 0 Å². The number of aryl methyl sites for hydroxylation is 1. The predicted molar refractivity (Wildman–Crippen MR) is 86.2 cm³/mol. The number of benzene rings is 2. The van der Waals surface area contributed by atoms with Crippen molar-refractivity contribution in [1.29, 1.82) is 0 Å². The second kappa shape index (κ2) is 7.51. The van der Waals surface area contributed by atoms with Crippen LogP contribution < -0.4 is 5.32 Å². The minimum atomic E-state index is -0.663.